The molecule has 1 aliphatic rings. The first-order valence-electron chi connectivity index (χ1n) is 11.9. The van der Waals surface area contributed by atoms with Crippen molar-refractivity contribution in [3.05, 3.63) is 76.1 Å². The zero-order valence-corrected chi connectivity index (χ0v) is 21.0. The van der Waals surface area contributed by atoms with Crippen LogP contribution in [0.5, 0.6) is 5.75 Å². The van der Waals surface area contributed by atoms with Gasteiger partial charge in [0.15, 0.2) is 0 Å². The Labute approximate surface area is 211 Å². The monoisotopic (exact) mass is 494 g/mol. The Morgan fingerprint density at radius 3 is 2.66 bits per heavy atom. The minimum absolute atomic E-state index is 0.166. The topological polar surface area (TPSA) is 67.7 Å². The first kappa shape index (κ1) is 24.8. The predicted molar refractivity (Wildman–Crippen MR) is 136 cm³/mol. The Balaban J connectivity index is 1.35. The van der Waals surface area contributed by atoms with Crippen molar-refractivity contribution >= 4 is 23.9 Å². The smallest absolute Gasteiger partial charge is 0.222 e. The van der Waals surface area contributed by atoms with Crippen LogP contribution in [0.15, 0.2) is 48.8 Å². The third-order valence-corrected chi connectivity index (χ3v) is 6.92. The van der Waals surface area contributed by atoms with Gasteiger partial charge in [-0.3, -0.25) is 9.59 Å². The van der Waals surface area contributed by atoms with Crippen molar-refractivity contribution in [1.82, 2.24) is 19.6 Å². The number of carbonyl (C=O) groups is 2. The zero-order chi connectivity index (χ0) is 24.8. The number of likely N-dealkylation sites (tertiary alicyclic amines) is 1. The highest BCUT2D eigenvalue weighted by Gasteiger charge is 2.20. The minimum Gasteiger partial charge on any atom is -0.490 e. The summed E-state index contributed by atoms with van der Waals surface area (Å²) in [5, 5.41) is 4.87. The third kappa shape index (κ3) is 6.03. The second-order valence-corrected chi connectivity index (χ2v) is 9.27. The normalized spacial score (nSPS) is 13.3. The number of amides is 2. The Bertz CT molecular complexity index is 1160. The van der Waals surface area contributed by atoms with E-state index in [1.807, 2.05) is 35.7 Å². The molecule has 1 aliphatic heterocycles. The average Bonchev–Trinajstić information content (AvgIpc) is 3.54. The van der Waals surface area contributed by atoms with Gasteiger partial charge in [-0.25, -0.2) is 4.68 Å². The molecule has 0 bridgehead atoms. The molecule has 2 aromatic carbocycles. The summed E-state index contributed by atoms with van der Waals surface area (Å²) in [7, 11) is 0. The van der Waals surface area contributed by atoms with Gasteiger partial charge >= 0.3 is 0 Å². The van der Waals surface area contributed by atoms with Crippen molar-refractivity contribution in [2.24, 2.45) is 0 Å². The van der Waals surface area contributed by atoms with Gasteiger partial charge in [-0.2, -0.15) is 5.10 Å². The fraction of sp³-hybridized carbons (Fsp3) is 0.370. The molecule has 184 valence electrons. The molecule has 1 fully saturated rings. The molecule has 2 heterocycles. The fourth-order valence-corrected chi connectivity index (χ4v) is 4.69. The average molecular weight is 495 g/mol. The molecular formula is C27H31ClN4O3. The molecule has 7 nitrogen and oxygen atoms in total. The summed E-state index contributed by atoms with van der Waals surface area (Å²) in [5.74, 6) is 0.821. The molecule has 0 radical (unpaired) electrons. The maximum Gasteiger partial charge on any atom is 0.222 e. The maximum atomic E-state index is 11.8. The summed E-state index contributed by atoms with van der Waals surface area (Å²) in [6.45, 7) is 6.60. The van der Waals surface area contributed by atoms with Gasteiger partial charge in [0.25, 0.3) is 0 Å². The first-order chi connectivity index (χ1) is 17.0. The quantitative estimate of drug-likeness (QED) is 0.375. The molecule has 8 heteroatoms. The standard InChI is InChI=1S/C27H31ClN4O3/c1-20-17-23(18-22-6-8-24(9-7-22)32-12-4-10-29-32)21(2)26(28)27(20)35-16-15-30(19-33)13-14-31-11-3-5-25(31)34/h4,6-10,12,17,19H,3,5,11,13-16,18H2,1-2H3. The number of rotatable bonds is 11. The molecule has 1 aromatic heterocycles. The molecule has 0 spiro atoms. The molecule has 0 unspecified atom stereocenters. The third-order valence-electron chi connectivity index (χ3n) is 6.46. The molecule has 0 N–H and O–H groups in total. The van der Waals surface area contributed by atoms with Crippen molar-refractivity contribution in [3.63, 3.8) is 0 Å². The number of hydrogen-bond acceptors (Lipinski definition) is 4. The molecule has 35 heavy (non-hydrogen) atoms. The highest BCUT2D eigenvalue weighted by molar-refractivity contribution is 6.33. The Morgan fingerprint density at radius 1 is 1.20 bits per heavy atom. The molecular weight excluding hydrogens is 464 g/mol. The van der Waals surface area contributed by atoms with E-state index in [2.05, 4.69) is 35.4 Å². The van der Waals surface area contributed by atoms with E-state index in [0.717, 1.165) is 48.2 Å². The predicted octanol–water partition coefficient (Wildman–Crippen LogP) is 4.19. The minimum atomic E-state index is 0.166. The van der Waals surface area contributed by atoms with Crippen LogP contribution in [0, 0.1) is 13.8 Å². The van der Waals surface area contributed by atoms with Crippen molar-refractivity contribution < 1.29 is 14.3 Å². The zero-order valence-electron chi connectivity index (χ0n) is 20.2. The largest absolute Gasteiger partial charge is 0.490 e. The van der Waals surface area contributed by atoms with E-state index in [-0.39, 0.29) is 5.91 Å². The second-order valence-electron chi connectivity index (χ2n) is 8.89. The lowest BCUT2D eigenvalue weighted by atomic mass is 9.97. The van der Waals surface area contributed by atoms with E-state index in [1.54, 1.807) is 11.1 Å². The maximum absolute atomic E-state index is 11.8. The van der Waals surface area contributed by atoms with E-state index in [1.165, 1.54) is 5.56 Å². The lowest BCUT2D eigenvalue weighted by molar-refractivity contribution is -0.128. The van der Waals surface area contributed by atoms with Crippen LogP contribution < -0.4 is 4.74 Å². The van der Waals surface area contributed by atoms with Crippen molar-refractivity contribution in [1.29, 1.82) is 0 Å². The molecule has 0 saturated carbocycles. The number of halogens is 1. The number of aromatic nitrogens is 2. The van der Waals surface area contributed by atoms with E-state index < -0.39 is 0 Å². The summed E-state index contributed by atoms with van der Waals surface area (Å²) in [5.41, 5.74) is 5.31. The van der Waals surface area contributed by atoms with Crippen molar-refractivity contribution in [3.8, 4) is 11.4 Å². The molecule has 0 aliphatic carbocycles. The SMILES string of the molecule is Cc1cc(Cc2ccc(-n3cccn3)cc2)c(C)c(Cl)c1OCCN(C=O)CCN1CCCC1=O. The Kier molecular flexibility index (Phi) is 8.08. The van der Waals surface area contributed by atoms with Gasteiger partial charge in [0.2, 0.25) is 12.3 Å². The summed E-state index contributed by atoms with van der Waals surface area (Å²) >= 11 is 6.71. The van der Waals surface area contributed by atoms with Gasteiger partial charge < -0.3 is 14.5 Å². The first-order valence-corrected chi connectivity index (χ1v) is 12.3. The van der Waals surface area contributed by atoms with E-state index in [4.69, 9.17) is 16.3 Å². The molecule has 2 amide bonds. The summed E-state index contributed by atoms with van der Waals surface area (Å²) in [4.78, 5) is 26.7. The Morgan fingerprint density at radius 2 is 2.00 bits per heavy atom. The van der Waals surface area contributed by atoms with Gasteiger partial charge in [0.1, 0.15) is 12.4 Å². The summed E-state index contributed by atoms with van der Waals surface area (Å²) in [6.07, 6.45) is 6.76. The van der Waals surface area contributed by atoms with Gasteiger partial charge in [-0.1, -0.05) is 29.8 Å². The van der Waals surface area contributed by atoms with Crippen LogP contribution in [0.4, 0.5) is 0 Å². The molecule has 3 aromatic rings. The van der Waals surface area contributed by atoms with E-state index >= 15 is 0 Å². The van der Waals surface area contributed by atoms with Crippen LogP contribution in [0.25, 0.3) is 5.69 Å². The number of ether oxygens (including phenoxy) is 1. The molecule has 0 atom stereocenters. The van der Waals surface area contributed by atoms with Crippen LogP contribution in [-0.4, -0.2) is 64.7 Å². The van der Waals surface area contributed by atoms with Crippen molar-refractivity contribution in [2.45, 2.75) is 33.1 Å². The lowest BCUT2D eigenvalue weighted by Crippen LogP contribution is -2.37. The number of carbonyl (C=O) groups excluding carboxylic acids is 2. The molecule has 4 rings (SSSR count). The second kappa shape index (κ2) is 11.4. The van der Waals surface area contributed by atoms with Gasteiger partial charge in [-0.05, 0) is 67.1 Å². The van der Waals surface area contributed by atoms with E-state index in [0.29, 0.717) is 43.4 Å². The Hall–Kier alpha value is -3.32. The fourth-order valence-electron chi connectivity index (χ4n) is 4.36. The van der Waals surface area contributed by atoms with E-state index in [9.17, 15) is 9.59 Å². The van der Waals surface area contributed by atoms with Crippen LogP contribution in [0.3, 0.4) is 0 Å². The summed E-state index contributed by atoms with van der Waals surface area (Å²) in [6, 6.07) is 12.3. The van der Waals surface area contributed by atoms with Gasteiger partial charge in [-0.15, -0.1) is 0 Å². The van der Waals surface area contributed by atoms with Crippen LogP contribution in [0.2, 0.25) is 5.02 Å². The summed E-state index contributed by atoms with van der Waals surface area (Å²) < 4.78 is 7.85. The highest BCUT2D eigenvalue weighted by Crippen LogP contribution is 2.35. The van der Waals surface area contributed by atoms with Crippen molar-refractivity contribution in [2.75, 3.05) is 32.8 Å². The van der Waals surface area contributed by atoms with Crippen LogP contribution in [0.1, 0.15) is 35.1 Å². The number of hydrogen-bond donors (Lipinski definition) is 0. The molecule has 1 saturated heterocycles. The van der Waals surface area contributed by atoms with Crippen LogP contribution >= 0.6 is 11.6 Å². The lowest BCUT2D eigenvalue weighted by Gasteiger charge is -2.22. The number of aryl methyl sites for hydroxylation is 1. The van der Waals surface area contributed by atoms with Crippen LogP contribution in [-0.2, 0) is 16.0 Å². The van der Waals surface area contributed by atoms with Gasteiger partial charge in [0, 0.05) is 38.4 Å². The number of nitrogens with zero attached hydrogens (tertiary/aromatic N) is 4. The number of benzene rings is 2. The van der Waals surface area contributed by atoms with Gasteiger partial charge in [0.05, 0.1) is 17.3 Å². The highest BCUT2D eigenvalue weighted by atomic mass is 35.5.